The van der Waals surface area contributed by atoms with E-state index in [-0.39, 0.29) is 30.1 Å². The molecule has 0 amide bonds. The number of methoxy groups -OCH3 is 1. The summed E-state index contributed by atoms with van der Waals surface area (Å²) in [5.74, 6) is 1.67. The topological polar surface area (TPSA) is 64.1 Å². The molecule has 26 heavy (non-hydrogen) atoms. The number of aryl methyl sites for hydroxylation is 1. The molecule has 0 heterocycles. The molecule has 0 aliphatic rings. The van der Waals surface area contributed by atoms with Gasteiger partial charge in [0.05, 0.1) is 25.9 Å². The molecule has 0 aliphatic carbocycles. The van der Waals surface area contributed by atoms with Gasteiger partial charge in [-0.3, -0.25) is 4.99 Å². The molecular weight excluding hydrogens is 445 g/mol. The maximum Gasteiger partial charge on any atom is 0.191 e. The third-order valence-corrected chi connectivity index (χ3v) is 3.77. The van der Waals surface area contributed by atoms with Gasteiger partial charge in [0.15, 0.2) is 5.96 Å². The Morgan fingerprint density at radius 3 is 2.62 bits per heavy atom. The van der Waals surface area contributed by atoms with E-state index in [0.29, 0.717) is 32.9 Å². The van der Waals surface area contributed by atoms with Crippen molar-refractivity contribution >= 4 is 29.9 Å². The Hall–Kier alpha value is -1.06. The highest BCUT2D eigenvalue weighted by Crippen LogP contribution is 2.22. The maximum atomic E-state index is 6.05. The van der Waals surface area contributed by atoms with Crippen LogP contribution in [0.3, 0.4) is 0 Å². The molecule has 0 aliphatic heterocycles. The molecule has 0 saturated carbocycles. The second kappa shape index (κ2) is 15.0. The van der Waals surface area contributed by atoms with Gasteiger partial charge in [-0.1, -0.05) is 19.1 Å². The van der Waals surface area contributed by atoms with Crippen LogP contribution in [0.2, 0.25) is 0 Å². The lowest BCUT2D eigenvalue weighted by molar-refractivity contribution is 0.0733. The zero-order valence-electron chi connectivity index (χ0n) is 16.6. The fraction of sp³-hybridized carbons (Fsp3) is 0.632. The first-order valence-corrected chi connectivity index (χ1v) is 8.88. The number of benzene rings is 1. The number of rotatable bonds is 11. The summed E-state index contributed by atoms with van der Waals surface area (Å²) in [5.41, 5.74) is 2.31. The van der Waals surface area contributed by atoms with E-state index in [2.05, 4.69) is 54.6 Å². The van der Waals surface area contributed by atoms with Crippen LogP contribution in [0.5, 0.6) is 5.75 Å². The second-order valence-corrected chi connectivity index (χ2v) is 5.91. The van der Waals surface area contributed by atoms with Crippen LogP contribution in [0.4, 0.5) is 0 Å². The largest absolute Gasteiger partial charge is 0.490 e. The average Bonchev–Trinajstić information content (AvgIpc) is 2.61. The smallest absolute Gasteiger partial charge is 0.191 e. The number of ether oxygens (including phenoxy) is 3. The van der Waals surface area contributed by atoms with Crippen LogP contribution in [-0.2, 0) is 16.0 Å². The highest BCUT2D eigenvalue weighted by molar-refractivity contribution is 14.0. The zero-order chi connectivity index (χ0) is 18.5. The summed E-state index contributed by atoms with van der Waals surface area (Å²) in [6.45, 7) is 9.44. The van der Waals surface area contributed by atoms with E-state index < -0.39 is 0 Å². The molecule has 0 fully saturated rings. The predicted octanol–water partition coefficient (Wildman–Crippen LogP) is 3.12. The molecule has 0 saturated heterocycles. The lowest BCUT2D eigenvalue weighted by Gasteiger charge is -2.18. The van der Waals surface area contributed by atoms with Gasteiger partial charge in [-0.05, 0) is 31.9 Å². The van der Waals surface area contributed by atoms with Crippen molar-refractivity contribution in [3.05, 3.63) is 29.3 Å². The molecule has 7 heteroatoms. The predicted molar refractivity (Wildman–Crippen MR) is 118 cm³/mol. The van der Waals surface area contributed by atoms with E-state index in [1.807, 2.05) is 0 Å². The van der Waals surface area contributed by atoms with E-state index in [9.17, 15) is 0 Å². The van der Waals surface area contributed by atoms with Gasteiger partial charge in [-0.2, -0.15) is 0 Å². The molecule has 1 aromatic carbocycles. The Morgan fingerprint density at radius 1 is 1.19 bits per heavy atom. The van der Waals surface area contributed by atoms with Gasteiger partial charge in [-0.25, -0.2) is 0 Å². The number of guanidine groups is 1. The number of nitrogens with one attached hydrogen (secondary N) is 2. The van der Waals surface area contributed by atoms with E-state index in [4.69, 9.17) is 14.2 Å². The Bertz CT molecular complexity index is 527. The van der Waals surface area contributed by atoms with Crippen molar-refractivity contribution < 1.29 is 14.2 Å². The number of nitrogens with zero attached hydrogens (tertiary/aromatic N) is 1. The number of halogens is 1. The van der Waals surface area contributed by atoms with Crippen molar-refractivity contribution in [3.8, 4) is 5.75 Å². The van der Waals surface area contributed by atoms with E-state index in [0.717, 1.165) is 23.7 Å². The summed E-state index contributed by atoms with van der Waals surface area (Å²) in [4.78, 5) is 4.23. The molecule has 6 nitrogen and oxygen atoms in total. The minimum atomic E-state index is 0. The lowest BCUT2D eigenvalue weighted by atomic mass is 10.1. The SMILES string of the molecule is CCC(C)Oc1cc(C)ccc1CNC(=NC)NCCOCCOC.I. The summed E-state index contributed by atoms with van der Waals surface area (Å²) in [5, 5.41) is 6.55. The minimum Gasteiger partial charge on any atom is -0.490 e. The Labute approximate surface area is 175 Å². The molecule has 1 unspecified atom stereocenters. The van der Waals surface area contributed by atoms with E-state index >= 15 is 0 Å². The number of aliphatic imine (C=N–C) groups is 1. The van der Waals surface area contributed by atoms with Crippen LogP contribution in [0.15, 0.2) is 23.2 Å². The Balaban J connectivity index is 0.00000625. The van der Waals surface area contributed by atoms with Crippen molar-refractivity contribution in [2.45, 2.75) is 39.8 Å². The van der Waals surface area contributed by atoms with Crippen LogP contribution >= 0.6 is 24.0 Å². The summed E-state index contributed by atoms with van der Waals surface area (Å²) in [7, 11) is 3.42. The van der Waals surface area contributed by atoms with Crippen molar-refractivity contribution in [1.82, 2.24) is 10.6 Å². The number of hydrogen-bond donors (Lipinski definition) is 2. The summed E-state index contributed by atoms with van der Waals surface area (Å²) in [6, 6.07) is 6.28. The molecule has 2 N–H and O–H groups in total. The van der Waals surface area contributed by atoms with Gasteiger partial charge >= 0.3 is 0 Å². The lowest BCUT2D eigenvalue weighted by Crippen LogP contribution is -2.38. The third kappa shape index (κ3) is 10.2. The number of hydrogen-bond acceptors (Lipinski definition) is 4. The molecule has 0 aromatic heterocycles. The summed E-state index contributed by atoms with van der Waals surface area (Å²) < 4.78 is 16.4. The molecular formula is C19H34IN3O3. The second-order valence-electron chi connectivity index (χ2n) is 5.91. The van der Waals surface area contributed by atoms with Crippen LogP contribution < -0.4 is 15.4 Å². The van der Waals surface area contributed by atoms with Crippen molar-refractivity contribution in [1.29, 1.82) is 0 Å². The van der Waals surface area contributed by atoms with Gasteiger partial charge < -0.3 is 24.8 Å². The fourth-order valence-electron chi connectivity index (χ4n) is 2.10. The maximum absolute atomic E-state index is 6.05. The first-order valence-electron chi connectivity index (χ1n) is 8.88. The van der Waals surface area contributed by atoms with Gasteiger partial charge in [0.2, 0.25) is 0 Å². The molecule has 0 spiro atoms. The molecule has 1 rings (SSSR count). The quantitative estimate of drug-likeness (QED) is 0.221. The standard InChI is InChI=1S/C19H33N3O3.HI/c1-6-16(3)25-18-13-15(2)7-8-17(18)14-22-19(20-4)21-9-10-24-12-11-23-5;/h7-8,13,16H,6,9-12,14H2,1-5H3,(H2,20,21,22);1H. The summed E-state index contributed by atoms with van der Waals surface area (Å²) in [6.07, 6.45) is 1.18. The third-order valence-electron chi connectivity index (χ3n) is 3.77. The summed E-state index contributed by atoms with van der Waals surface area (Å²) >= 11 is 0. The van der Waals surface area contributed by atoms with Crippen LogP contribution in [-0.4, -0.2) is 52.6 Å². The van der Waals surface area contributed by atoms with Crippen molar-refractivity contribution in [3.63, 3.8) is 0 Å². The van der Waals surface area contributed by atoms with Gasteiger partial charge in [0, 0.05) is 32.8 Å². The monoisotopic (exact) mass is 479 g/mol. The van der Waals surface area contributed by atoms with Crippen molar-refractivity contribution in [2.75, 3.05) is 40.5 Å². The Kier molecular flexibility index (Phi) is 14.4. The fourth-order valence-corrected chi connectivity index (χ4v) is 2.10. The molecule has 0 bridgehead atoms. The van der Waals surface area contributed by atoms with Crippen molar-refractivity contribution in [2.24, 2.45) is 4.99 Å². The highest BCUT2D eigenvalue weighted by Gasteiger charge is 2.08. The molecule has 1 atom stereocenters. The highest BCUT2D eigenvalue weighted by atomic mass is 127. The first-order chi connectivity index (χ1) is 12.1. The van der Waals surface area contributed by atoms with E-state index in [1.54, 1.807) is 14.2 Å². The Morgan fingerprint density at radius 2 is 1.96 bits per heavy atom. The molecule has 150 valence electrons. The normalized spacial score (nSPS) is 12.3. The van der Waals surface area contributed by atoms with E-state index in [1.165, 1.54) is 5.56 Å². The first kappa shape index (κ1) is 24.9. The average molecular weight is 479 g/mol. The molecule has 0 radical (unpaired) electrons. The van der Waals surface area contributed by atoms with Gasteiger partial charge in [-0.15, -0.1) is 24.0 Å². The van der Waals surface area contributed by atoms with Crippen LogP contribution in [0, 0.1) is 6.92 Å². The van der Waals surface area contributed by atoms with Gasteiger partial charge in [0.1, 0.15) is 5.75 Å². The van der Waals surface area contributed by atoms with Gasteiger partial charge in [0.25, 0.3) is 0 Å². The zero-order valence-corrected chi connectivity index (χ0v) is 19.0. The molecule has 1 aromatic rings. The van der Waals surface area contributed by atoms with Crippen LogP contribution in [0.1, 0.15) is 31.4 Å². The minimum absolute atomic E-state index is 0. The van der Waals surface area contributed by atoms with Crippen LogP contribution in [0.25, 0.3) is 0 Å².